The molecule has 1 aromatic carbocycles. The first-order valence-electron chi connectivity index (χ1n) is 11.9. The fraction of sp³-hybridized carbons (Fsp3) is 0.560. The van der Waals surface area contributed by atoms with Crippen LogP contribution in [0, 0.1) is 0 Å². The molecule has 2 aromatic rings. The lowest BCUT2D eigenvalue weighted by Gasteiger charge is -2.37. The van der Waals surface area contributed by atoms with E-state index in [0.29, 0.717) is 12.6 Å². The molecule has 1 fully saturated rings. The van der Waals surface area contributed by atoms with Crippen LogP contribution in [-0.4, -0.2) is 56.0 Å². The summed E-state index contributed by atoms with van der Waals surface area (Å²) in [6.45, 7) is 15.8. The van der Waals surface area contributed by atoms with Crippen molar-refractivity contribution in [1.82, 2.24) is 9.47 Å². The molecule has 1 saturated heterocycles. The van der Waals surface area contributed by atoms with Gasteiger partial charge in [0.1, 0.15) is 0 Å². The highest BCUT2D eigenvalue weighted by molar-refractivity contribution is 6.76. The summed E-state index contributed by atoms with van der Waals surface area (Å²) in [6, 6.07) is 7.77. The Kier molecular flexibility index (Phi) is 7.07. The van der Waals surface area contributed by atoms with E-state index in [-0.39, 0.29) is 6.09 Å². The van der Waals surface area contributed by atoms with Gasteiger partial charge in [-0.25, -0.2) is 4.79 Å². The number of carbonyl (C=O) groups is 1. The molecule has 2 aliphatic heterocycles. The number of fused-ring (bicyclic) bond motifs is 3. The fourth-order valence-corrected chi connectivity index (χ4v) is 5.57. The van der Waals surface area contributed by atoms with Crippen molar-refractivity contribution in [2.75, 3.05) is 31.7 Å². The molecule has 3 heterocycles. The Bertz CT molecular complexity index is 973. The third kappa shape index (κ3) is 5.27. The first-order chi connectivity index (χ1) is 15.4. The van der Waals surface area contributed by atoms with Gasteiger partial charge in [0, 0.05) is 75.7 Å². The quantitative estimate of drug-likeness (QED) is 0.458. The highest BCUT2D eigenvalue weighted by Crippen LogP contribution is 2.34. The van der Waals surface area contributed by atoms with Crippen LogP contribution in [0.25, 0.3) is 10.9 Å². The van der Waals surface area contributed by atoms with Gasteiger partial charge >= 0.3 is 6.09 Å². The molecule has 0 atom stereocenters. The van der Waals surface area contributed by atoms with Crippen molar-refractivity contribution in [1.29, 1.82) is 0 Å². The lowest BCUT2D eigenvalue weighted by molar-refractivity contribution is 0.0289. The SMILES string of the molecule is C=CCn1c2c(c3cc(NC(=O)OCC[Si](C)(C)C)ccc31)CN(C1CCOCC1)CC2. The molecule has 0 aliphatic carbocycles. The van der Waals surface area contributed by atoms with Crippen LogP contribution in [0.3, 0.4) is 0 Å². The maximum Gasteiger partial charge on any atom is 0.411 e. The number of anilines is 1. The minimum atomic E-state index is -1.22. The summed E-state index contributed by atoms with van der Waals surface area (Å²) in [5.74, 6) is 0. The summed E-state index contributed by atoms with van der Waals surface area (Å²) in [5.41, 5.74) is 4.78. The van der Waals surface area contributed by atoms with Gasteiger partial charge in [-0.3, -0.25) is 10.2 Å². The summed E-state index contributed by atoms with van der Waals surface area (Å²) < 4.78 is 13.4. The van der Waals surface area contributed by atoms with E-state index in [1.165, 1.54) is 22.2 Å². The van der Waals surface area contributed by atoms with E-state index in [1.54, 1.807) is 0 Å². The molecule has 0 unspecified atom stereocenters. The summed E-state index contributed by atoms with van der Waals surface area (Å²) >= 11 is 0. The molecule has 1 N–H and O–H groups in total. The summed E-state index contributed by atoms with van der Waals surface area (Å²) in [5, 5.41) is 4.16. The molecular formula is C25H37N3O3Si. The standard InChI is InChI=1S/C25H37N3O3Si/c1-5-11-28-23-7-6-19(26-25(29)31-15-16-32(2,3)4)17-21(23)22-18-27(12-8-24(22)28)20-9-13-30-14-10-20/h5-7,17,20H,1,8-16,18H2,2-4H3,(H,26,29). The van der Waals surface area contributed by atoms with Crippen LogP contribution in [0.1, 0.15) is 24.1 Å². The van der Waals surface area contributed by atoms with Crippen molar-refractivity contribution in [3.8, 4) is 0 Å². The van der Waals surface area contributed by atoms with Crippen LogP contribution in [0.15, 0.2) is 30.9 Å². The van der Waals surface area contributed by atoms with Gasteiger partial charge in [0.25, 0.3) is 0 Å². The number of carbonyl (C=O) groups excluding carboxylic acids is 1. The van der Waals surface area contributed by atoms with Gasteiger partial charge < -0.3 is 14.0 Å². The smallest absolute Gasteiger partial charge is 0.411 e. The molecule has 0 saturated carbocycles. The number of nitrogens with zero attached hydrogens (tertiary/aromatic N) is 2. The van der Waals surface area contributed by atoms with Crippen molar-refractivity contribution in [2.45, 2.75) is 64.1 Å². The van der Waals surface area contributed by atoms with Crippen LogP contribution < -0.4 is 5.32 Å². The lowest BCUT2D eigenvalue weighted by atomic mass is 9.99. The average molecular weight is 456 g/mol. The van der Waals surface area contributed by atoms with Crippen LogP contribution in [0.2, 0.25) is 25.7 Å². The molecule has 6 nitrogen and oxygen atoms in total. The zero-order chi connectivity index (χ0) is 22.7. The third-order valence-corrected chi connectivity index (χ3v) is 8.34. The minimum absolute atomic E-state index is 0.370. The first-order valence-corrected chi connectivity index (χ1v) is 15.6. The summed E-state index contributed by atoms with van der Waals surface area (Å²) in [7, 11) is -1.22. The van der Waals surface area contributed by atoms with E-state index in [4.69, 9.17) is 9.47 Å². The molecule has 7 heteroatoms. The fourth-order valence-electron chi connectivity index (χ4n) is 4.85. The van der Waals surface area contributed by atoms with Crippen LogP contribution >= 0.6 is 0 Å². The molecule has 2 aliphatic rings. The molecule has 32 heavy (non-hydrogen) atoms. The number of allylic oxidation sites excluding steroid dienone is 1. The predicted molar refractivity (Wildman–Crippen MR) is 133 cm³/mol. The highest BCUT2D eigenvalue weighted by Gasteiger charge is 2.29. The number of benzene rings is 1. The molecular weight excluding hydrogens is 418 g/mol. The Morgan fingerprint density at radius 2 is 2.09 bits per heavy atom. The monoisotopic (exact) mass is 455 g/mol. The molecule has 4 rings (SSSR count). The van der Waals surface area contributed by atoms with E-state index in [0.717, 1.165) is 63.8 Å². The van der Waals surface area contributed by atoms with E-state index < -0.39 is 8.07 Å². The van der Waals surface area contributed by atoms with Crippen LogP contribution in [0.5, 0.6) is 0 Å². The predicted octanol–water partition coefficient (Wildman–Crippen LogP) is 5.25. The van der Waals surface area contributed by atoms with E-state index in [1.807, 2.05) is 12.1 Å². The number of amides is 1. The van der Waals surface area contributed by atoms with Crippen LogP contribution in [0.4, 0.5) is 10.5 Å². The zero-order valence-electron chi connectivity index (χ0n) is 19.8. The molecule has 0 bridgehead atoms. The number of hydrogen-bond donors (Lipinski definition) is 1. The van der Waals surface area contributed by atoms with Crippen molar-refractivity contribution in [3.63, 3.8) is 0 Å². The lowest BCUT2D eigenvalue weighted by Crippen LogP contribution is -2.42. The third-order valence-electron chi connectivity index (χ3n) is 6.63. The van der Waals surface area contributed by atoms with Crippen molar-refractivity contribution < 1.29 is 14.3 Å². The van der Waals surface area contributed by atoms with Gasteiger partial charge in [0.2, 0.25) is 0 Å². The number of ether oxygens (including phenoxy) is 2. The summed E-state index contributed by atoms with van der Waals surface area (Å²) in [4.78, 5) is 15.0. The second kappa shape index (κ2) is 9.81. The Morgan fingerprint density at radius 3 is 2.81 bits per heavy atom. The molecule has 1 amide bonds. The Hall–Kier alpha value is -2.09. The molecule has 1 aromatic heterocycles. The van der Waals surface area contributed by atoms with Gasteiger partial charge in [-0.15, -0.1) is 6.58 Å². The number of hydrogen-bond acceptors (Lipinski definition) is 4. The largest absolute Gasteiger partial charge is 0.450 e. The Labute approximate surface area is 192 Å². The molecule has 0 radical (unpaired) electrons. The van der Waals surface area contributed by atoms with Crippen molar-refractivity contribution in [2.24, 2.45) is 0 Å². The van der Waals surface area contributed by atoms with E-state index in [9.17, 15) is 4.79 Å². The number of aromatic nitrogens is 1. The first kappa shape index (κ1) is 23.1. The minimum Gasteiger partial charge on any atom is -0.450 e. The molecule has 174 valence electrons. The van der Waals surface area contributed by atoms with Gasteiger partial charge in [-0.2, -0.15) is 0 Å². The highest BCUT2D eigenvalue weighted by atomic mass is 28.3. The van der Waals surface area contributed by atoms with Gasteiger partial charge in [0.15, 0.2) is 0 Å². The van der Waals surface area contributed by atoms with Crippen LogP contribution in [-0.2, 0) is 29.0 Å². The Balaban J connectivity index is 1.55. The Morgan fingerprint density at radius 1 is 1.31 bits per heavy atom. The zero-order valence-corrected chi connectivity index (χ0v) is 20.8. The van der Waals surface area contributed by atoms with Gasteiger partial charge in [0.05, 0.1) is 6.61 Å². The number of rotatable bonds is 7. The normalized spacial score (nSPS) is 17.8. The van der Waals surface area contributed by atoms with Gasteiger partial charge in [-0.1, -0.05) is 25.7 Å². The van der Waals surface area contributed by atoms with Crippen molar-refractivity contribution >= 4 is 30.8 Å². The van der Waals surface area contributed by atoms with Crippen molar-refractivity contribution in [3.05, 3.63) is 42.1 Å². The second-order valence-corrected chi connectivity index (χ2v) is 15.8. The number of nitrogens with one attached hydrogen (secondary N) is 1. The average Bonchev–Trinajstić information content (AvgIpc) is 3.06. The van der Waals surface area contributed by atoms with Gasteiger partial charge in [-0.05, 0) is 42.6 Å². The maximum absolute atomic E-state index is 12.3. The topological polar surface area (TPSA) is 55.7 Å². The van der Waals surface area contributed by atoms with E-state index in [2.05, 4.69) is 53.1 Å². The summed E-state index contributed by atoms with van der Waals surface area (Å²) in [6.07, 6.45) is 4.85. The maximum atomic E-state index is 12.3. The molecule has 0 spiro atoms. The van der Waals surface area contributed by atoms with E-state index >= 15 is 0 Å². The second-order valence-electron chi connectivity index (χ2n) is 10.2.